The van der Waals surface area contributed by atoms with Gasteiger partial charge < -0.3 is 0 Å². The van der Waals surface area contributed by atoms with Gasteiger partial charge in [0.1, 0.15) is 0 Å². The Bertz CT molecular complexity index is 453. The van der Waals surface area contributed by atoms with Gasteiger partial charge in [-0.3, -0.25) is 19.6 Å². The predicted octanol–water partition coefficient (Wildman–Crippen LogP) is 1.45. The van der Waals surface area contributed by atoms with Crippen LogP contribution in [-0.4, -0.2) is 21.6 Å². The van der Waals surface area contributed by atoms with E-state index in [1.165, 1.54) is 0 Å². The number of piperidine rings is 1. The summed E-state index contributed by atoms with van der Waals surface area (Å²) in [5, 5.41) is 6.68. The monoisotopic (exact) mass is 249 g/mol. The highest BCUT2D eigenvalue weighted by Crippen LogP contribution is 2.33. The van der Waals surface area contributed by atoms with Crippen LogP contribution in [0.5, 0.6) is 0 Å². The lowest BCUT2D eigenvalue weighted by atomic mass is 9.80. The van der Waals surface area contributed by atoms with Crippen molar-refractivity contribution >= 4 is 11.8 Å². The largest absolute Gasteiger partial charge is 0.296 e. The van der Waals surface area contributed by atoms with Crippen LogP contribution in [-0.2, 0) is 16.1 Å². The highest BCUT2D eigenvalue weighted by atomic mass is 16.2. The minimum atomic E-state index is -0.182. The molecule has 2 rings (SSSR count). The Balaban J connectivity index is 2.22. The van der Waals surface area contributed by atoms with Crippen molar-refractivity contribution in [2.45, 2.75) is 45.6 Å². The van der Waals surface area contributed by atoms with Gasteiger partial charge in [0.25, 0.3) is 0 Å². The van der Waals surface area contributed by atoms with Crippen LogP contribution in [0.4, 0.5) is 0 Å². The Morgan fingerprint density at radius 2 is 2.22 bits per heavy atom. The zero-order valence-corrected chi connectivity index (χ0v) is 10.8. The summed E-state index contributed by atoms with van der Waals surface area (Å²) in [5.41, 5.74) is 0.999. The predicted molar refractivity (Wildman–Crippen MR) is 66.8 cm³/mol. The molecular weight excluding hydrogens is 230 g/mol. The van der Waals surface area contributed by atoms with Crippen molar-refractivity contribution in [2.75, 3.05) is 0 Å². The average molecular weight is 249 g/mol. The molecule has 1 aromatic heterocycles. The Labute approximate surface area is 107 Å². The van der Waals surface area contributed by atoms with Crippen molar-refractivity contribution in [1.82, 2.24) is 15.1 Å². The maximum Gasteiger partial charge on any atom is 0.230 e. The zero-order chi connectivity index (χ0) is 13.1. The summed E-state index contributed by atoms with van der Waals surface area (Å²) in [6, 6.07) is 0. The van der Waals surface area contributed by atoms with Gasteiger partial charge in [-0.2, -0.15) is 5.10 Å². The molecule has 0 aromatic carbocycles. The highest BCUT2D eigenvalue weighted by Gasteiger charge is 2.36. The van der Waals surface area contributed by atoms with E-state index in [4.69, 9.17) is 0 Å². The molecule has 0 spiro atoms. The smallest absolute Gasteiger partial charge is 0.230 e. The molecule has 1 aliphatic rings. The summed E-state index contributed by atoms with van der Waals surface area (Å²) in [6.45, 7) is 4.93. The molecule has 2 amide bonds. The van der Waals surface area contributed by atoms with Crippen LogP contribution in [0.25, 0.3) is 0 Å². The quantitative estimate of drug-likeness (QED) is 0.821. The number of hydrogen-bond donors (Lipinski definition) is 1. The lowest BCUT2D eigenvalue weighted by Gasteiger charge is -2.28. The third-order valence-corrected chi connectivity index (χ3v) is 3.46. The second-order valence-electron chi connectivity index (χ2n) is 4.77. The van der Waals surface area contributed by atoms with E-state index in [0.717, 1.165) is 24.9 Å². The van der Waals surface area contributed by atoms with Crippen molar-refractivity contribution in [3.8, 4) is 0 Å². The summed E-state index contributed by atoms with van der Waals surface area (Å²) in [4.78, 5) is 23.3. The van der Waals surface area contributed by atoms with Gasteiger partial charge in [-0.1, -0.05) is 13.8 Å². The third-order valence-electron chi connectivity index (χ3n) is 3.46. The van der Waals surface area contributed by atoms with E-state index in [0.29, 0.717) is 6.42 Å². The number of nitrogens with one attached hydrogen (secondary N) is 1. The number of carbonyl (C=O) groups excluding carboxylic acids is 2. The molecule has 1 aromatic rings. The third kappa shape index (κ3) is 2.44. The van der Waals surface area contributed by atoms with Crippen LogP contribution >= 0.6 is 0 Å². The summed E-state index contributed by atoms with van der Waals surface area (Å²) < 4.78 is 1.87. The lowest BCUT2D eigenvalue weighted by Crippen LogP contribution is -2.44. The number of hydrogen-bond acceptors (Lipinski definition) is 3. The van der Waals surface area contributed by atoms with Gasteiger partial charge in [0, 0.05) is 31.0 Å². The number of aryl methyl sites for hydroxylation is 1. The fourth-order valence-electron chi connectivity index (χ4n) is 2.55. The van der Waals surface area contributed by atoms with Gasteiger partial charge in [0.2, 0.25) is 11.8 Å². The highest BCUT2D eigenvalue weighted by molar-refractivity contribution is 5.99. The Morgan fingerprint density at radius 1 is 1.44 bits per heavy atom. The van der Waals surface area contributed by atoms with Crippen molar-refractivity contribution in [2.24, 2.45) is 5.92 Å². The van der Waals surface area contributed by atoms with Gasteiger partial charge >= 0.3 is 0 Å². The fourth-order valence-corrected chi connectivity index (χ4v) is 2.55. The maximum absolute atomic E-state index is 11.8. The first kappa shape index (κ1) is 12.8. The molecular formula is C13H19N3O2. The van der Waals surface area contributed by atoms with Gasteiger partial charge in [-0.15, -0.1) is 0 Å². The SMILES string of the molecule is CCCn1cc(C2CC(=O)NC(=O)C2CC)cn1. The number of nitrogens with zero attached hydrogens (tertiary/aromatic N) is 2. The van der Waals surface area contributed by atoms with Crippen LogP contribution in [0.1, 0.15) is 44.6 Å². The standard InChI is InChI=1S/C13H19N3O2/c1-3-5-16-8-9(7-14-16)11-6-12(17)15-13(18)10(11)4-2/h7-8,10-11H,3-6H2,1-2H3,(H,15,17,18). The van der Waals surface area contributed by atoms with Crippen molar-refractivity contribution < 1.29 is 9.59 Å². The van der Waals surface area contributed by atoms with E-state index in [1.807, 2.05) is 17.8 Å². The molecule has 0 bridgehead atoms. The first-order valence-corrected chi connectivity index (χ1v) is 6.51. The number of amides is 2. The minimum Gasteiger partial charge on any atom is -0.296 e. The van der Waals surface area contributed by atoms with Crippen LogP contribution in [0.15, 0.2) is 12.4 Å². The second-order valence-corrected chi connectivity index (χ2v) is 4.77. The van der Waals surface area contributed by atoms with Gasteiger partial charge in [-0.25, -0.2) is 0 Å². The van der Waals surface area contributed by atoms with E-state index >= 15 is 0 Å². The van der Waals surface area contributed by atoms with Crippen LogP contribution in [0.2, 0.25) is 0 Å². The van der Waals surface area contributed by atoms with Crippen molar-refractivity contribution in [3.63, 3.8) is 0 Å². The van der Waals surface area contributed by atoms with E-state index < -0.39 is 0 Å². The molecule has 0 saturated carbocycles. The van der Waals surface area contributed by atoms with E-state index in [1.54, 1.807) is 6.20 Å². The van der Waals surface area contributed by atoms with E-state index in [9.17, 15) is 9.59 Å². The number of carbonyl (C=O) groups is 2. The first-order valence-electron chi connectivity index (χ1n) is 6.51. The Hall–Kier alpha value is -1.65. The number of aromatic nitrogens is 2. The van der Waals surface area contributed by atoms with Gasteiger partial charge in [0.15, 0.2) is 0 Å². The summed E-state index contributed by atoms with van der Waals surface area (Å²) in [7, 11) is 0. The molecule has 1 N–H and O–H groups in total. The normalized spacial score (nSPS) is 24.1. The summed E-state index contributed by atoms with van der Waals surface area (Å²) in [5.74, 6) is -0.483. The molecule has 1 fully saturated rings. The van der Waals surface area contributed by atoms with Crippen LogP contribution < -0.4 is 5.32 Å². The van der Waals surface area contributed by atoms with E-state index in [-0.39, 0.29) is 23.7 Å². The maximum atomic E-state index is 11.8. The molecule has 0 radical (unpaired) electrons. The van der Waals surface area contributed by atoms with Crippen molar-refractivity contribution in [1.29, 1.82) is 0 Å². The average Bonchev–Trinajstić information content (AvgIpc) is 2.77. The summed E-state index contributed by atoms with van der Waals surface area (Å²) in [6.07, 6.45) is 5.88. The van der Waals surface area contributed by atoms with E-state index in [2.05, 4.69) is 17.3 Å². The molecule has 5 heteroatoms. The molecule has 18 heavy (non-hydrogen) atoms. The molecule has 2 atom stereocenters. The zero-order valence-electron chi connectivity index (χ0n) is 10.8. The fraction of sp³-hybridized carbons (Fsp3) is 0.615. The first-order chi connectivity index (χ1) is 8.65. The lowest BCUT2D eigenvalue weighted by molar-refractivity contribution is -0.137. The Kier molecular flexibility index (Phi) is 3.79. The molecule has 2 heterocycles. The minimum absolute atomic E-state index is 0.0261. The number of imide groups is 1. The number of rotatable bonds is 4. The molecule has 1 saturated heterocycles. The molecule has 98 valence electrons. The summed E-state index contributed by atoms with van der Waals surface area (Å²) >= 11 is 0. The van der Waals surface area contributed by atoms with Crippen LogP contribution in [0, 0.1) is 5.92 Å². The topological polar surface area (TPSA) is 64.0 Å². The molecule has 1 aliphatic heterocycles. The van der Waals surface area contributed by atoms with Crippen LogP contribution in [0.3, 0.4) is 0 Å². The molecule has 2 unspecified atom stereocenters. The van der Waals surface area contributed by atoms with Gasteiger partial charge in [-0.05, 0) is 18.4 Å². The van der Waals surface area contributed by atoms with Gasteiger partial charge in [0.05, 0.1) is 6.20 Å². The Morgan fingerprint density at radius 3 is 2.89 bits per heavy atom. The molecule has 5 nitrogen and oxygen atoms in total. The molecule has 0 aliphatic carbocycles. The second kappa shape index (κ2) is 5.33. The van der Waals surface area contributed by atoms with Crippen molar-refractivity contribution in [3.05, 3.63) is 18.0 Å².